The predicted molar refractivity (Wildman–Crippen MR) is 94.0 cm³/mol. The molecule has 0 bridgehead atoms. The van der Waals surface area contributed by atoms with Crippen LogP contribution < -0.4 is 10.1 Å². The molecular weight excluding hydrogens is 322 g/mol. The van der Waals surface area contributed by atoms with Crippen molar-refractivity contribution in [1.29, 1.82) is 0 Å². The Morgan fingerprint density at radius 1 is 1.16 bits per heavy atom. The number of phenolic OH excluding ortho intramolecular Hbond substituents is 1. The molecule has 132 valence electrons. The second kappa shape index (κ2) is 8.19. The fourth-order valence-electron chi connectivity index (χ4n) is 2.15. The number of hydrogen-bond acceptors (Lipinski definition) is 5. The quantitative estimate of drug-likeness (QED) is 0.787. The standard InChI is InChI=1S/C19H21NO5/c1-4-13-5-7-14(8-6-13)20-18(22)12(2)25-19(23)16-11-15(24-3)9-10-17(16)21/h5-12,21H,4H2,1-3H3,(H,20,22)/t12-/m0/s1. The molecule has 0 unspecified atom stereocenters. The average Bonchev–Trinajstić information content (AvgIpc) is 2.62. The van der Waals surface area contributed by atoms with Crippen LogP contribution in [0.2, 0.25) is 0 Å². The molecule has 6 heteroatoms. The second-order valence-corrected chi connectivity index (χ2v) is 5.47. The lowest BCUT2D eigenvalue weighted by Crippen LogP contribution is -2.30. The van der Waals surface area contributed by atoms with Crippen molar-refractivity contribution in [2.24, 2.45) is 0 Å². The van der Waals surface area contributed by atoms with E-state index < -0.39 is 18.0 Å². The van der Waals surface area contributed by atoms with E-state index in [0.29, 0.717) is 11.4 Å². The molecule has 1 atom stereocenters. The molecule has 0 aromatic heterocycles. The summed E-state index contributed by atoms with van der Waals surface area (Å²) in [6.45, 7) is 3.51. The number of aromatic hydroxyl groups is 1. The number of anilines is 1. The van der Waals surface area contributed by atoms with Crippen LogP contribution in [-0.2, 0) is 16.0 Å². The van der Waals surface area contributed by atoms with E-state index in [1.54, 1.807) is 12.1 Å². The Morgan fingerprint density at radius 2 is 1.84 bits per heavy atom. The number of rotatable bonds is 6. The van der Waals surface area contributed by atoms with E-state index in [1.165, 1.54) is 32.2 Å². The fraction of sp³-hybridized carbons (Fsp3) is 0.263. The van der Waals surface area contributed by atoms with Crippen LogP contribution >= 0.6 is 0 Å². The number of carbonyl (C=O) groups is 2. The van der Waals surface area contributed by atoms with E-state index in [0.717, 1.165) is 12.0 Å². The monoisotopic (exact) mass is 343 g/mol. The number of ether oxygens (including phenoxy) is 2. The van der Waals surface area contributed by atoms with Crippen molar-refractivity contribution >= 4 is 17.6 Å². The number of carbonyl (C=O) groups excluding carboxylic acids is 2. The lowest BCUT2D eigenvalue weighted by molar-refractivity contribution is -0.123. The van der Waals surface area contributed by atoms with Crippen molar-refractivity contribution in [3.8, 4) is 11.5 Å². The molecule has 1 amide bonds. The summed E-state index contributed by atoms with van der Waals surface area (Å²) in [5, 5.41) is 12.5. The number of benzene rings is 2. The fourth-order valence-corrected chi connectivity index (χ4v) is 2.15. The lowest BCUT2D eigenvalue weighted by atomic mass is 10.1. The van der Waals surface area contributed by atoms with Crippen molar-refractivity contribution in [2.75, 3.05) is 12.4 Å². The van der Waals surface area contributed by atoms with Gasteiger partial charge in [-0.05, 0) is 49.2 Å². The predicted octanol–water partition coefficient (Wildman–Crippen LogP) is 3.15. The molecule has 0 aliphatic heterocycles. The third-order valence-corrected chi connectivity index (χ3v) is 3.71. The van der Waals surface area contributed by atoms with Gasteiger partial charge in [0.15, 0.2) is 6.10 Å². The van der Waals surface area contributed by atoms with Gasteiger partial charge in [-0.3, -0.25) is 4.79 Å². The number of methoxy groups -OCH3 is 1. The maximum absolute atomic E-state index is 12.2. The number of esters is 1. The van der Waals surface area contributed by atoms with E-state index in [9.17, 15) is 14.7 Å². The molecule has 0 fully saturated rings. The van der Waals surface area contributed by atoms with Gasteiger partial charge in [-0.25, -0.2) is 4.79 Å². The first-order valence-electron chi connectivity index (χ1n) is 7.92. The van der Waals surface area contributed by atoms with Gasteiger partial charge in [0, 0.05) is 5.69 Å². The Hall–Kier alpha value is -3.02. The van der Waals surface area contributed by atoms with Crippen LogP contribution in [0.3, 0.4) is 0 Å². The summed E-state index contributed by atoms with van der Waals surface area (Å²) in [6.07, 6.45) is -0.115. The Balaban J connectivity index is 2.01. The summed E-state index contributed by atoms with van der Waals surface area (Å²) < 4.78 is 10.1. The maximum atomic E-state index is 12.2. The average molecular weight is 343 g/mol. The number of nitrogens with one attached hydrogen (secondary N) is 1. The minimum Gasteiger partial charge on any atom is -0.507 e. The molecule has 0 aliphatic rings. The van der Waals surface area contributed by atoms with Gasteiger partial charge in [0.05, 0.1) is 7.11 Å². The van der Waals surface area contributed by atoms with Gasteiger partial charge in [0.25, 0.3) is 5.91 Å². The Kier molecular flexibility index (Phi) is 6.00. The van der Waals surface area contributed by atoms with Crippen LogP contribution in [0.25, 0.3) is 0 Å². The SMILES string of the molecule is CCc1ccc(NC(=O)[C@H](C)OC(=O)c2cc(OC)ccc2O)cc1. The highest BCUT2D eigenvalue weighted by Gasteiger charge is 2.21. The normalized spacial score (nSPS) is 11.5. The van der Waals surface area contributed by atoms with E-state index >= 15 is 0 Å². The molecule has 0 saturated heterocycles. The van der Waals surface area contributed by atoms with Crippen LogP contribution in [-0.4, -0.2) is 30.2 Å². The van der Waals surface area contributed by atoms with Gasteiger partial charge in [-0.1, -0.05) is 19.1 Å². The number of aryl methyl sites for hydroxylation is 1. The Bertz CT molecular complexity index is 755. The van der Waals surface area contributed by atoms with Gasteiger partial charge >= 0.3 is 5.97 Å². The highest BCUT2D eigenvalue weighted by Crippen LogP contribution is 2.24. The van der Waals surface area contributed by atoms with Crippen molar-refractivity contribution in [2.45, 2.75) is 26.4 Å². The summed E-state index contributed by atoms with van der Waals surface area (Å²) in [5.74, 6) is -1.10. The van der Waals surface area contributed by atoms with Gasteiger partial charge in [-0.2, -0.15) is 0 Å². The summed E-state index contributed by atoms with van der Waals surface area (Å²) >= 11 is 0. The smallest absolute Gasteiger partial charge is 0.342 e. The van der Waals surface area contributed by atoms with Crippen LogP contribution in [0.4, 0.5) is 5.69 Å². The Morgan fingerprint density at radius 3 is 2.44 bits per heavy atom. The maximum Gasteiger partial charge on any atom is 0.342 e. The minimum absolute atomic E-state index is 0.0636. The van der Waals surface area contributed by atoms with Crippen molar-refractivity contribution in [3.05, 3.63) is 53.6 Å². The number of phenols is 1. The van der Waals surface area contributed by atoms with Crippen LogP contribution in [0, 0.1) is 0 Å². The minimum atomic E-state index is -1.02. The molecule has 2 rings (SSSR count). The third-order valence-electron chi connectivity index (χ3n) is 3.71. The number of hydrogen-bond donors (Lipinski definition) is 2. The highest BCUT2D eigenvalue weighted by molar-refractivity contribution is 5.98. The summed E-state index contributed by atoms with van der Waals surface area (Å²) in [5.41, 5.74) is 1.71. The zero-order valence-electron chi connectivity index (χ0n) is 14.4. The van der Waals surface area contributed by atoms with E-state index in [4.69, 9.17) is 9.47 Å². The molecule has 2 N–H and O–H groups in total. The molecule has 25 heavy (non-hydrogen) atoms. The van der Waals surface area contributed by atoms with Gasteiger partial charge in [0.1, 0.15) is 17.1 Å². The molecule has 0 spiro atoms. The highest BCUT2D eigenvalue weighted by atomic mass is 16.5. The molecule has 0 aliphatic carbocycles. The Labute approximate surface area is 146 Å². The molecule has 6 nitrogen and oxygen atoms in total. The van der Waals surface area contributed by atoms with Crippen molar-refractivity contribution in [1.82, 2.24) is 0 Å². The molecule has 0 saturated carbocycles. The molecule has 2 aromatic carbocycles. The third kappa shape index (κ3) is 4.73. The van der Waals surface area contributed by atoms with Crippen LogP contribution in [0.15, 0.2) is 42.5 Å². The van der Waals surface area contributed by atoms with E-state index in [1.807, 2.05) is 19.1 Å². The van der Waals surface area contributed by atoms with Crippen molar-refractivity contribution in [3.63, 3.8) is 0 Å². The van der Waals surface area contributed by atoms with E-state index in [-0.39, 0.29) is 11.3 Å². The number of amides is 1. The van der Waals surface area contributed by atoms with Gasteiger partial charge in [0.2, 0.25) is 0 Å². The first kappa shape index (κ1) is 18.3. The summed E-state index contributed by atoms with van der Waals surface area (Å²) in [6, 6.07) is 11.6. The molecule has 2 aromatic rings. The molecule has 0 radical (unpaired) electrons. The largest absolute Gasteiger partial charge is 0.507 e. The van der Waals surface area contributed by atoms with Crippen LogP contribution in [0.1, 0.15) is 29.8 Å². The van der Waals surface area contributed by atoms with Gasteiger partial charge < -0.3 is 19.9 Å². The molecular formula is C19H21NO5. The zero-order valence-corrected chi connectivity index (χ0v) is 14.4. The zero-order chi connectivity index (χ0) is 18.4. The first-order valence-corrected chi connectivity index (χ1v) is 7.92. The van der Waals surface area contributed by atoms with E-state index in [2.05, 4.69) is 5.32 Å². The van der Waals surface area contributed by atoms with Crippen LogP contribution in [0.5, 0.6) is 11.5 Å². The molecule has 0 heterocycles. The van der Waals surface area contributed by atoms with Crippen molar-refractivity contribution < 1.29 is 24.2 Å². The summed E-state index contributed by atoms with van der Waals surface area (Å²) in [7, 11) is 1.45. The summed E-state index contributed by atoms with van der Waals surface area (Å²) in [4.78, 5) is 24.3. The van der Waals surface area contributed by atoms with Gasteiger partial charge in [-0.15, -0.1) is 0 Å². The first-order chi connectivity index (χ1) is 11.9. The second-order valence-electron chi connectivity index (χ2n) is 5.47. The lowest BCUT2D eigenvalue weighted by Gasteiger charge is -2.14. The topological polar surface area (TPSA) is 84.9 Å².